The van der Waals surface area contributed by atoms with Gasteiger partial charge in [-0.2, -0.15) is 0 Å². The third-order valence-electron chi connectivity index (χ3n) is 4.28. The van der Waals surface area contributed by atoms with Gasteiger partial charge >= 0.3 is 5.97 Å². The van der Waals surface area contributed by atoms with Crippen molar-refractivity contribution in [1.29, 1.82) is 0 Å². The fraction of sp³-hybridized carbons (Fsp3) is 0.0435. The molecular formula is C23H17N3O3. The number of nitrogens with one attached hydrogen (secondary N) is 1. The summed E-state index contributed by atoms with van der Waals surface area (Å²) < 4.78 is 5.10. The van der Waals surface area contributed by atoms with Gasteiger partial charge in [-0.25, -0.2) is 9.78 Å². The topological polar surface area (TPSA) is 81.2 Å². The molecule has 1 amide bonds. The van der Waals surface area contributed by atoms with Crippen molar-refractivity contribution in [2.24, 2.45) is 0 Å². The number of carbonyl (C=O) groups excluding carboxylic acids is 2. The van der Waals surface area contributed by atoms with Crippen LogP contribution in [-0.2, 0) is 9.53 Å². The van der Waals surface area contributed by atoms with Crippen LogP contribution in [0.1, 0.15) is 10.5 Å². The zero-order valence-electron chi connectivity index (χ0n) is 15.4. The van der Waals surface area contributed by atoms with E-state index in [1.807, 2.05) is 60.7 Å². The monoisotopic (exact) mass is 383 g/mol. The molecule has 0 fully saturated rings. The number of hydrogen-bond acceptors (Lipinski definition) is 5. The lowest BCUT2D eigenvalue weighted by Gasteiger charge is -2.11. The largest absolute Gasteiger partial charge is 0.451 e. The average molecular weight is 383 g/mol. The normalized spacial score (nSPS) is 10.5. The van der Waals surface area contributed by atoms with Gasteiger partial charge in [0.05, 0.1) is 17.2 Å². The lowest BCUT2D eigenvalue weighted by Crippen LogP contribution is -2.21. The summed E-state index contributed by atoms with van der Waals surface area (Å²) in [7, 11) is 0. The van der Waals surface area contributed by atoms with Crippen molar-refractivity contribution in [3.8, 4) is 11.1 Å². The van der Waals surface area contributed by atoms with Crippen molar-refractivity contribution in [1.82, 2.24) is 9.97 Å². The maximum absolute atomic E-state index is 12.3. The van der Waals surface area contributed by atoms with Gasteiger partial charge in [0, 0.05) is 11.3 Å². The minimum absolute atomic E-state index is 0.0567. The molecule has 0 saturated carbocycles. The predicted molar refractivity (Wildman–Crippen MR) is 110 cm³/mol. The molecule has 142 valence electrons. The lowest BCUT2D eigenvalue weighted by molar-refractivity contribution is -0.119. The molecule has 29 heavy (non-hydrogen) atoms. The van der Waals surface area contributed by atoms with E-state index >= 15 is 0 Å². The maximum Gasteiger partial charge on any atom is 0.359 e. The van der Waals surface area contributed by atoms with E-state index in [0.29, 0.717) is 16.7 Å². The summed E-state index contributed by atoms with van der Waals surface area (Å²) in [5.74, 6) is -1.13. The first kappa shape index (κ1) is 18.3. The van der Waals surface area contributed by atoms with Gasteiger partial charge in [-0.05, 0) is 23.8 Å². The molecule has 0 bridgehead atoms. The highest BCUT2D eigenvalue weighted by molar-refractivity contribution is 5.98. The van der Waals surface area contributed by atoms with Crippen molar-refractivity contribution >= 4 is 28.6 Å². The van der Waals surface area contributed by atoms with Gasteiger partial charge in [-0.1, -0.05) is 60.7 Å². The van der Waals surface area contributed by atoms with Crippen LogP contribution < -0.4 is 5.32 Å². The van der Waals surface area contributed by atoms with Gasteiger partial charge < -0.3 is 10.1 Å². The summed E-state index contributed by atoms with van der Waals surface area (Å²) in [6, 6.07) is 24.4. The average Bonchev–Trinajstić information content (AvgIpc) is 2.78. The fourth-order valence-corrected chi connectivity index (χ4v) is 2.91. The van der Waals surface area contributed by atoms with E-state index < -0.39 is 18.5 Å². The molecule has 0 aliphatic carbocycles. The molecule has 0 unspecified atom stereocenters. The SMILES string of the molecule is O=C(COC(=O)c1cnc2ccccc2n1)Nc1ccccc1-c1ccccc1. The molecule has 0 atom stereocenters. The van der Waals surface area contributed by atoms with Gasteiger partial charge in [0.15, 0.2) is 12.3 Å². The number of rotatable bonds is 5. The number of nitrogens with zero attached hydrogens (tertiary/aromatic N) is 2. The zero-order chi connectivity index (χ0) is 20.1. The Bertz CT molecular complexity index is 1180. The van der Waals surface area contributed by atoms with Gasteiger partial charge in [0.25, 0.3) is 5.91 Å². The fourth-order valence-electron chi connectivity index (χ4n) is 2.91. The molecule has 3 aromatic carbocycles. The molecule has 0 saturated heterocycles. The molecule has 1 heterocycles. The number of anilines is 1. The number of ether oxygens (including phenoxy) is 1. The Labute approximate surface area is 167 Å². The Hall–Kier alpha value is -4.06. The molecule has 0 radical (unpaired) electrons. The van der Waals surface area contributed by atoms with Crippen molar-refractivity contribution < 1.29 is 14.3 Å². The Balaban J connectivity index is 1.42. The molecule has 6 heteroatoms. The highest BCUT2D eigenvalue weighted by atomic mass is 16.5. The summed E-state index contributed by atoms with van der Waals surface area (Å²) in [5.41, 5.74) is 3.83. The number of para-hydroxylation sites is 3. The molecule has 0 spiro atoms. The number of benzene rings is 3. The van der Waals surface area contributed by atoms with Crippen LogP contribution in [0.15, 0.2) is 85.1 Å². The third-order valence-corrected chi connectivity index (χ3v) is 4.28. The summed E-state index contributed by atoms with van der Waals surface area (Å²) in [6.07, 6.45) is 1.34. The van der Waals surface area contributed by atoms with E-state index in [9.17, 15) is 9.59 Å². The molecular weight excluding hydrogens is 366 g/mol. The van der Waals surface area contributed by atoms with Gasteiger partial charge in [0.2, 0.25) is 0 Å². The number of aromatic nitrogens is 2. The van der Waals surface area contributed by atoms with Crippen LogP contribution in [0.4, 0.5) is 5.69 Å². The first-order chi connectivity index (χ1) is 14.2. The van der Waals surface area contributed by atoms with Crippen LogP contribution in [0.5, 0.6) is 0 Å². The van der Waals surface area contributed by atoms with Crippen LogP contribution in [0.3, 0.4) is 0 Å². The first-order valence-corrected chi connectivity index (χ1v) is 9.04. The minimum Gasteiger partial charge on any atom is -0.451 e. The zero-order valence-corrected chi connectivity index (χ0v) is 15.4. The highest BCUT2D eigenvalue weighted by Gasteiger charge is 2.14. The second-order valence-corrected chi connectivity index (χ2v) is 6.28. The molecule has 1 aromatic heterocycles. The number of fused-ring (bicyclic) bond motifs is 1. The van der Waals surface area contributed by atoms with Crippen molar-refractivity contribution in [2.75, 3.05) is 11.9 Å². The highest BCUT2D eigenvalue weighted by Crippen LogP contribution is 2.27. The van der Waals surface area contributed by atoms with Crippen LogP contribution in [0.2, 0.25) is 0 Å². The summed E-state index contributed by atoms with van der Waals surface area (Å²) in [5, 5.41) is 2.79. The number of carbonyl (C=O) groups is 2. The summed E-state index contributed by atoms with van der Waals surface area (Å²) >= 11 is 0. The summed E-state index contributed by atoms with van der Waals surface area (Å²) in [4.78, 5) is 32.9. The van der Waals surface area contributed by atoms with Crippen molar-refractivity contribution in [3.63, 3.8) is 0 Å². The number of amides is 1. The second-order valence-electron chi connectivity index (χ2n) is 6.28. The summed E-state index contributed by atoms with van der Waals surface area (Å²) in [6.45, 7) is -0.420. The molecule has 4 aromatic rings. The van der Waals surface area contributed by atoms with Crippen LogP contribution in [0, 0.1) is 0 Å². The molecule has 6 nitrogen and oxygen atoms in total. The van der Waals surface area contributed by atoms with E-state index in [1.54, 1.807) is 18.2 Å². The van der Waals surface area contributed by atoms with Crippen LogP contribution in [0.25, 0.3) is 22.2 Å². The van der Waals surface area contributed by atoms with Crippen molar-refractivity contribution in [2.45, 2.75) is 0 Å². The van der Waals surface area contributed by atoms with E-state index in [4.69, 9.17) is 4.74 Å². The predicted octanol–water partition coefficient (Wildman–Crippen LogP) is 4.09. The second kappa shape index (κ2) is 8.31. The quantitative estimate of drug-likeness (QED) is 0.525. The van der Waals surface area contributed by atoms with Gasteiger partial charge in [0.1, 0.15) is 0 Å². The number of esters is 1. The number of hydrogen-bond donors (Lipinski definition) is 1. The smallest absolute Gasteiger partial charge is 0.359 e. The lowest BCUT2D eigenvalue weighted by atomic mass is 10.0. The van der Waals surface area contributed by atoms with E-state index in [1.165, 1.54) is 6.20 Å². The Kier molecular flexibility index (Phi) is 5.25. The van der Waals surface area contributed by atoms with E-state index in [2.05, 4.69) is 15.3 Å². The van der Waals surface area contributed by atoms with Crippen LogP contribution in [-0.4, -0.2) is 28.5 Å². The standard InChI is InChI=1S/C23H17N3O3/c27-22(26-18-11-5-4-10-17(18)16-8-2-1-3-9-16)15-29-23(28)21-14-24-19-12-6-7-13-20(19)25-21/h1-14H,15H2,(H,26,27). The Morgan fingerprint density at radius 3 is 2.34 bits per heavy atom. The van der Waals surface area contributed by atoms with Crippen LogP contribution >= 0.6 is 0 Å². The first-order valence-electron chi connectivity index (χ1n) is 9.04. The van der Waals surface area contributed by atoms with Crippen molar-refractivity contribution in [3.05, 3.63) is 90.8 Å². The molecule has 4 rings (SSSR count). The molecule has 0 aliphatic heterocycles. The maximum atomic E-state index is 12.3. The van der Waals surface area contributed by atoms with Gasteiger partial charge in [-0.15, -0.1) is 0 Å². The molecule has 0 aliphatic rings. The van der Waals surface area contributed by atoms with E-state index in [-0.39, 0.29) is 5.69 Å². The Morgan fingerprint density at radius 2 is 1.52 bits per heavy atom. The Morgan fingerprint density at radius 1 is 0.828 bits per heavy atom. The molecule has 1 N–H and O–H groups in total. The minimum atomic E-state index is -0.699. The van der Waals surface area contributed by atoms with E-state index in [0.717, 1.165) is 11.1 Å². The van der Waals surface area contributed by atoms with Gasteiger partial charge in [-0.3, -0.25) is 9.78 Å². The third kappa shape index (κ3) is 4.27.